The van der Waals surface area contributed by atoms with Gasteiger partial charge in [0.2, 0.25) is 0 Å². The zero-order valence-electron chi connectivity index (χ0n) is 13.0. The Balaban J connectivity index is 1.93. The molecule has 1 amide bonds. The molecule has 7 nitrogen and oxygen atoms in total. The molecule has 1 heterocycles. The highest BCUT2D eigenvalue weighted by atomic mass is 19.4. The molecule has 1 aromatic heterocycles. The molecule has 0 aliphatic carbocycles. The third-order valence-electron chi connectivity index (χ3n) is 3.02. The number of ether oxygens (including phenoxy) is 2. The first-order valence-corrected chi connectivity index (χ1v) is 6.98. The van der Waals surface area contributed by atoms with Crippen molar-refractivity contribution >= 4 is 11.9 Å². The molecule has 10 heteroatoms. The maximum absolute atomic E-state index is 12.6. The van der Waals surface area contributed by atoms with E-state index in [1.165, 1.54) is 36.2 Å². The molecule has 2 aromatic rings. The predicted octanol–water partition coefficient (Wildman–Crippen LogP) is 1.84. The lowest BCUT2D eigenvalue weighted by Gasteiger charge is -2.10. The molecule has 0 saturated heterocycles. The first kappa shape index (κ1) is 18.3. The Morgan fingerprint density at radius 2 is 2.04 bits per heavy atom. The predicted molar refractivity (Wildman–Crippen MR) is 78.6 cm³/mol. The van der Waals surface area contributed by atoms with Crippen molar-refractivity contribution in [3.8, 4) is 5.75 Å². The van der Waals surface area contributed by atoms with Crippen LogP contribution in [0.4, 0.5) is 13.2 Å². The largest absolute Gasteiger partial charge is 0.471 e. The molecule has 0 aliphatic rings. The molecule has 0 spiro atoms. The molecule has 0 atom stereocenters. The van der Waals surface area contributed by atoms with E-state index in [0.29, 0.717) is 0 Å². The van der Waals surface area contributed by atoms with Crippen LogP contribution in [0.2, 0.25) is 0 Å². The minimum atomic E-state index is -4.46. The first-order valence-electron chi connectivity index (χ1n) is 6.98. The van der Waals surface area contributed by atoms with Gasteiger partial charge in [-0.25, -0.2) is 4.68 Å². The summed E-state index contributed by atoms with van der Waals surface area (Å²) >= 11 is 0. The zero-order valence-corrected chi connectivity index (χ0v) is 13.0. The first-order chi connectivity index (χ1) is 11.8. The van der Waals surface area contributed by atoms with Crippen molar-refractivity contribution in [2.75, 3.05) is 13.7 Å². The average Bonchev–Trinajstić information content (AvgIpc) is 3.06. The van der Waals surface area contributed by atoms with E-state index in [2.05, 4.69) is 15.2 Å². The van der Waals surface area contributed by atoms with Gasteiger partial charge < -0.3 is 14.8 Å². The van der Waals surface area contributed by atoms with Gasteiger partial charge >= 0.3 is 12.1 Å². The van der Waals surface area contributed by atoms with Crippen LogP contribution in [0.25, 0.3) is 0 Å². The summed E-state index contributed by atoms with van der Waals surface area (Å²) in [5.74, 6) is -1.19. The lowest BCUT2D eigenvalue weighted by molar-refractivity contribution is -0.139. The molecule has 1 aromatic carbocycles. The van der Waals surface area contributed by atoms with Crippen LogP contribution in [0, 0.1) is 0 Å². The molecule has 25 heavy (non-hydrogen) atoms. The Hall–Kier alpha value is -3.04. The number of esters is 1. The van der Waals surface area contributed by atoms with E-state index >= 15 is 0 Å². The zero-order chi connectivity index (χ0) is 18.4. The van der Waals surface area contributed by atoms with E-state index in [0.717, 1.165) is 12.1 Å². The number of nitrogens with one attached hydrogen (secondary N) is 1. The summed E-state index contributed by atoms with van der Waals surface area (Å²) in [5.41, 5.74) is -0.801. The van der Waals surface area contributed by atoms with Crippen molar-refractivity contribution < 1.29 is 32.2 Å². The third-order valence-corrected chi connectivity index (χ3v) is 3.02. The monoisotopic (exact) mass is 357 g/mol. The summed E-state index contributed by atoms with van der Waals surface area (Å²) in [5, 5.41) is 6.21. The number of aromatic nitrogens is 2. The summed E-state index contributed by atoms with van der Waals surface area (Å²) in [6.45, 7) is -0.492. The molecule has 0 unspecified atom stereocenters. The fraction of sp³-hybridized carbons (Fsp3) is 0.267. The van der Waals surface area contributed by atoms with Crippen LogP contribution in [-0.2, 0) is 22.4 Å². The second kappa shape index (κ2) is 7.69. The number of hydrogen-bond acceptors (Lipinski definition) is 5. The van der Waals surface area contributed by atoms with Crippen LogP contribution < -0.4 is 10.1 Å². The summed E-state index contributed by atoms with van der Waals surface area (Å²) in [6, 6.07) is 5.79. The van der Waals surface area contributed by atoms with Crippen LogP contribution in [0.1, 0.15) is 16.1 Å². The van der Waals surface area contributed by atoms with Gasteiger partial charge in [-0.1, -0.05) is 6.07 Å². The molecule has 0 fully saturated rings. The third kappa shape index (κ3) is 5.23. The number of carbonyl (C=O) groups excluding carboxylic acids is 2. The molecular weight excluding hydrogens is 343 g/mol. The van der Waals surface area contributed by atoms with Crippen LogP contribution in [0.15, 0.2) is 36.5 Å². The number of methoxy groups -OCH3 is 1. The molecule has 134 valence electrons. The molecule has 1 N–H and O–H groups in total. The normalized spacial score (nSPS) is 11.0. The highest BCUT2D eigenvalue weighted by molar-refractivity contribution is 5.94. The van der Waals surface area contributed by atoms with Crippen molar-refractivity contribution in [2.24, 2.45) is 0 Å². The summed E-state index contributed by atoms with van der Waals surface area (Å²) < 4.78 is 48.7. The van der Waals surface area contributed by atoms with Gasteiger partial charge in [0, 0.05) is 6.20 Å². The standard InChI is InChI=1S/C15H14F3N3O4/c1-24-13(22)8-19-14(23)12-5-6-21(20-12)9-25-11-4-2-3-10(7-11)15(16,17)18/h2-7H,8-9H2,1H3,(H,19,23). The van der Waals surface area contributed by atoms with E-state index in [-0.39, 0.29) is 24.7 Å². The summed E-state index contributed by atoms with van der Waals surface area (Å²) in [6.07, 6.45) is -3.05. The van der Waals surface area contributed by atoms with Crippen molar-refractivity contribution in [1.29, 1.82) is 0 Å². The molecular formula is C15H14F3N3O4. The second-order valence-electron chi connectivity index (χ2n) is 4.80. The molecule has 0 saturated carbocycles. The lowest BCUT2D eigenvalue weighted by Crippen LogP contribution is -2.30. The summed E-state index contributed by atoms with van der Waals surface area (Å²) in [7, 11) is 1.19. The molecule has 0 bridgehead atoms. The number of amides is 1. The Morgan fingerprint density at radius 3 is 2.72 bits per heavy atom. The second-order valence-corrected chi connectivity index (χ2v) is 4.80. The van der Waals surface area contributed by atoms with Gasteiger partial charge in [-0.05, 0) is 24.3 Å². The number of benzene rings is 1. The highest BCUT2D eigenvalue weighted by Crippen LogP contribution is 2.31. The Morgan fingerprint density at radius 1 is 1.28 bits per heavy atom. The summed E-state index contributed by atoms with van der Waals surface area (Å²) in [4.78, 5) is 22.7. The van der Waals surface area contributed by atoms with Gasteiger partial charge in [0.25, 0.3) is 5.91 Å². The minimum absolute atomic E-state index is 0.0158. The van der Waals surface area contributed by atoms with E-state index in [9.17, 15) is 22.8 Å². The van der Waals surface area contributed by atoms with Crippen molar-refractivity contribution in [3.05, 3.63) is 47.8 Å². The van der Waals surface area contributed by atoms with E-state index < -0.39 is 23.6 Å². The molecule has 0 radical (unpaired) electrons. The van der Waals surface area contributed by atoms with Crippen LogP contribution in [0.5, 0.6) is 5.75 Å². The van der Waals surface area contributed by atoms with E-state index in [4.69, 9.17) is 4.74 Å². The maximum Gasteiger partial charge on any atom is 0.416 e. The lowest BCUT2D eigenvalue weighted by atomic mass is 10.2. The van der Waals surface area contributed by atoms with Crippen LogP contribution in [0.3, 0.4) is 0 Å². The molecule has 0 aliphatic heterocycles. The van der Waals surface area contributed by atoms with Gasteiger partial charge in [0.15, 0.2) is 6.73 Å². The number of nitrogens with zero attached hydrogens (tertiary/aromatic N) is 2. The van der Waals surface area contributed by atoms with Gasteiger partial charge in [0.05, 0.1) is 12.7 Å². The van der Waals surface area contributed by atoms with E-state index in [1.54, 1.807) is 0 Å². The van der Waals surface area contributed by atoms with E-state index in [1.807, 2.05) is 0 Å². The van der Waals surface area contributed by atoms with Gasteiger partial charge in [-0.3, -0.25) is 9.59 Å². The minimum Gasteiger partial charge on any atom is -0.471 e. The number of carbonyl (C=O) groups is 2. The number of rotatable bonds is 6. The van der Waals surface area contributed by atoms with Crippen molar-refractivity contribution in [2.45, 2.75) is 12.9 Å². The Labute approximate surface area is 140 Å². The quantitative estimate of drug-likeness (QED) is 0.798. The topological polar surface area (TPSA) is 82.5 Å². The fourth-order valence-corrected chi connectivity index (χ4v) is 1.77. The Bertz CT molecular complexity index is 758. The highest BCUT2D eigenvalue weighted by Gasteiger charge is 2.30. The SMILES string of the molecule is COC(=O)CNC(=O)c1ccn(COc2cccc(C(F)(F)F)c2)n1. The number of alkyl halides is 3. The Kier molecular flexibility index (Phi) is 5.63. The van der Waals surface area contributed by atoms with Gasteiger partial charge in [-0.2, -0.15) is 18.3 Å². The maximum atomic E-state index is 12.6. The van der Waals surface area contributed by atoms with Gasteiger partial charge in [-0.15, -0.1) is 0 Å². The average molecular weight is 357 g/mol. The van der Waals surface area contributed by atoms with Gasteiger partial charge in [0.1, 0.15) is 18.0 Å². The van der Waals surface area contributed by atoms with Crippen LogP contribution >= 0.6 is 0 Å². The fourth-order valence-electron chi connectivity index (χ4n) is 1.77. The van der Waals surface area contributed by atoms with Crippen molar-refractivity contribution in [1.82, 2.24) is 15.1 Å². The number of halogens is 3. The molecule has 2 rings (SSSR count). The van der Waals surface area contributed by atoms with Crippen LogP contribution in [-0.4, -0.2) is 35.3 Å². The van der Waals surface area contributed by atoms with Crippen molar-refractivity contribution in [3.63, 3.8) is 0 Å². The smallest absolute Gasteiger partial charge is 0.416 e. The number of hydrogen-bond donors (Lipinski definition) is 1.